The molecule has 0 aliphatic rings. The van der Waals surface area contributed by atoms with E-state index in [0.29, 0.717) is 12.1 Å². The minimum atomic E-state index is -3.50. The van der Waals surface area contributed by atoms with Gasteiger partial charge in [0.25, 0.3) is 0 Å². The fourth-order valence-corrected chi connectivity index (χ4v) is 3.19. The van der Waals surface area contributed by atoms with Gasteiger partial charge in [-0.05, 0) is 35.9 Å². The second-order valence-electron chi connectivity index (χ2n) is 4.34. The number of sulfonamides is 1. The lowest BCUT2D eigenvalue weighted by molar-refractivity contribution is 0.280. The summed E-state index contributed by atoms with van der Waals surface area (Å²) in [5.74, 6) is 0. The first-order valence-corrected chi connectivity index (χ1v) is 8.96. The summed E-state index contributed by atoms with van der Waals surface area (Å²) in [5, 5.41) is 9.50. The first-order chi connectivity index (χ1) is 8.94. The van der Waals surface area contributed by atoms with Crippen LogP contribution in [0.1, 0.15) is 25.0 Å². The summed E-state index contributed by atoms with van der Waals surface area (Å²) in [6, 6.07) is 4.90. The Bertz CT molecular complexity index is 515. The van der Waals surface area contributed by atoms with Crippen molar-refractivity contribution < 1.29 is 13.5 Å². The van der Waals surface area contributed by atoms with Crippen molar-refractivity contribution in [1.82, 2.24) is 4.72 Å². The molecule has 0 saturated heterocycles. The van der Waals surface area contributed by atoms with Crippen molar-refractivity contribution in [2.45, 2.75) is 37.0 Å². The zero-order valence-corrected chi connectivity index (χ0v) is 13.1. The average molecular weight is 303 g/mol. The maximum absolute atomic E-state index is 12.1. The first kappa shape index (κ1) is 16.5. The Morgan fingerprint density at radius 3 is 2.58 bits per heavy atom. The molecule has 1 rings (SSSR count). The van der Waals surface area contributed by atoms with Crippen molar-refractivity contribution in [3.8, 4) is 0 Å². The summed E-state index contributed by atoms with van der Waals surface area (Å²) in [7, 11) is -3.50. The molecule has 1 unspecified atom stereocenters. The van der Waals surface area contributed by atoms with Crippen molar-refractivity contribution in [3.63, 3.8) is 0 Å². The summed E-state index contributed by atoms with van der Waals surface area (Å²) < 4.78 is 26.8. The van der Waals surface area contributed by atoms with E-state index in [-0.39, 0.29) is 16.8 Å². The number of aliphatic hydroxyl groups excluding tert-OH is 1. The Hall–Kier alpha value is -0.560. The third-order valence-electron chi connectivity index (χ3n) is 3.00. The van der Waals surface area contributed by atoms with Crippen molar-refractivity contribution in [3.05, 3.63) is 29.3 Å². The molecule has 108 valence electrons. The van der Waals surface area contributed by atoms with E-state index in [4.69, 9.17) is 0 Å². The van der Waals surface area contributed by atoms with Gasteiger partial charge in [0.1, 0.15) is 0 Å². The Morgan fingerprint density at radius 2 is 2.05 bits per heavy atom. The van der Waals surface area contributed by atoms with Crippen LogP contribution in [-0.4, -0.2) is 31.6 Å². The molecule has 0 radical (unpaired) electrons. The zero-order chi connectivity index (χ0) is 14.5. The van der Waals surface area contributed by atoms with Gasteiger partial charge in [-0.2, -0.15) is 11.8 Å². The monoisotopic (exact) mass is 303 g/mol. The van der Waals surface area contributed by atoms with Crippen LogP contribution in [0, 0.1) is 0 Å². The highest BCUT2D eigenvalue weighted by atomic mass is 32.2. The van der Waals surface area contributed by atoms with Crippen molar-refractivity contribution in [1.29, 1.82) is 0 Å². The standard InChI is InChI=1S/C13H21NO3S2/c1-4-11-5-6-13(7-12(11)9-15)19(16,17)14-8-10(2)18-3/h5-7,10,14-15H,4,8-9H2,1-3H3. The lowest BCUT2D eigenvalue weighted by atomic mass is 10.1. The lowest BCUT2D eigenvalue weighted by Gasteiger charge is -2.12. The Labute approximate surface area is 119 Å². The van der Waals surface area contributed by atoms with Crippen LogP contribution in [0.2, 0.25) is 0 Å². The van der Waals surface area contributed by atoms with Gasteiger partial charge >= 0.3 is 0 Å². The molecule has 4 nitrogen and oxygen atoms in total. The summed E-state index contributed by atoms with van der Waals surface area (Å²) in [6.07, 6.45) is 2.71. The van der Waals surface area contributed by atoms with E-state index in [1.165, 1.54) is 0 Å². The van der Waals surface area contributed by atoms with E-state index in [0.717, 1.165) is 12.0 Å². The molecule has 0 amide bonds. The largest absolute Gasteiger partial charge is 0.392 e. The van der Waals surface area contributed by atoms with Crippen LogP contribution < -0.4 is 4.72 Å². The second kappa shape index (κ2) is 7.28. The molecule has 0 aliphatic heterocycles. The van der Waals surface area contributed by atoms with Gasteiger partial charge in [-0.3, -0.25) is 0 Å². The number of aryl methyl sites for hydroxylation is 1. The quantitative estimate of drug-likeness (QED) is 0.805. The van der Waals surface area contributed by atoms with Crippen LogP contribution >= 0.6 is 11.8 Å². The highest BCUT2D eigenvalue weighted by Crippen LogP contribution is 2.17. The molecule has 0 heterocycles. The number of hydrogen-bond acceptors (Lipinski definition) is 4. The normalized spacial score (nSPS) is 13.5. The summed E-state index contributed by atoms with van der Waals surface area (Å²) >= 11 is 1.61. The number of aliphatic hydroxyl groups is 1. The van der Waals surface area contributed by atoms with E-state index in [1.54, 1.807) is 30.0 Å². The molecule has 2 N–H and O–H groups in total. The molecule has 1 aromatic carbocycles. The van der Waals surface area contributed by atoms with Crippen molar-refractivity contribution >= 4 is 21.8 Å². The predicted molar refractivity (Wildman–Crippen MR) is 79.9 cm³/mol. The summed E-state index contributed by atoms with van der Waals surface area (Å²) in [5.41, 5.74) is 1.64. The van der Waals surface area contributed by atoms with Gasteiger partial charge in [0.05, 0.1) is 11.5 Å². The van der Waals surface area contributed by atoms with E-state index in [1.807, 2.05) is 20.1 Å². The fourth-order valence-electron chi connectivity index (χ4n) is 1.66. The molecule has 0 spiro atoms. The molecular formula is C13H21NO3S2. The third kappa shape index (κ3) is 4.49. The minimum Gasteiger partial charge on any atom is -0.392 e. The Balaban J connectivity index is 2.95. The maximum Gasteiger partial charge on any atom is 0.240 e. The number of thioether (sulfide) groups is 1. The van der Waals surface area contributed by atoms with Crippen molar-refractivity contribution in [2.24, 2.45) is 0 Å². The maximum atomic E-state index is 12.1. The van der Waals surface area contributed by atoms with Crippen LogP contribution in [0.4, 0.5) is 0 Å². The second-order valence-corrected chi connectivity index (χ2v) is 7.38. The first-order valence-electron chi connectivity index (χ1n) is 6.19. The number of hydrogen-bond donors (Lipinski definition) is 2. The van der Waals surface area contributed by atoms with Gasteiger partial charge < -0.3 is 5.11 Å². The highest BCUT2D eigenvalue weighted by molar-refractivity contribution is 7.99. The average Bonchev–Trinajstić information content (AvgIpc) is 2.43. The Kier molecular flexibility index (Phi) is 6.32. The SMILES string of the molecule is CCc1ccc(S(=O)(=O)NCC(C)SC)cc1CO. The van der Waals surface area contributed by atoms with E-state index >= 15 is 0 Å². The molecule has 1 aromatic rings. The van der Waals surface area contributed by atoms with Gasteiger partial charge in [-0.25, -0.2) is 13.1 Å². The van der Waals surface area contributed by atoms with Gasteiger partial charge in [-0.1, -0.05) is 19.9 Å². The fraction of sp³-hybridized carbons (Fsp3) is 0.538. The molecular weight excluding hydrogens is 282 g/mol. The minimum absolute atomic E-state index is 0.145. The van der Waals surface area contributed by atoms with Gasteiger partial charge in [-0.15, -0.1) is 0 Å². The van der Waals surface area contributed by atoms with E-state index in [9.17, 15) is 13.5 Å². The molecule has 0 saturated carbocycles. The third-order valence-corrected chi connectivity index (χ3v) is 5.40. The van der Waals surface area contributed by atoms with Crippen LogP contribution in [0.3, 0.4) is 0 Å². The zero-order valence-electron chi connectivity index (χ0n) is 11.5. The van der Waals surface area contributed by atoms with Gasteiger partial charge in [0.15, 0.2) is 0 Å². The number of benzene rings is 1. The molecule has 6 heteroatoms. The molecule has 0 aliphatic carbocycles. The van der Waals surface area contributed by atoms with Crippen LogP contribution in [0.15, 0.2) is 23.1 Å². The topological polar surface area (TPSA) is 66.4 Å². The summed E-state index contributed by atoms with van der Waals surface area (Å²) in [6.45, 7) is 4.19. The van der Waals surface area contributed by atoms with E-state index < -0.39 is 10.0 Å². The lowest BCUT2D eigenvalue weighted by Crippen LogP contribution is -2.29. The molecule has 0 fully saturated rings. The molecule has 0 bridgehead atoms. The van der Waals surface area contributed by atoms with E-state index in [2.05, 4.69) is 4.72 Å². The highest BCUT2D eigenvalue weighted by Gasteiger charge is 2.16. The molecule has 0 aromatic heterocycles. The van der Waals surface area contributed by atoms with Gasteiger partial charge in [0, 0.05) is 11.8 Å². The van der Waals surface area contributed by atoms with Crippen molar-refractivity contribution in [2.75, 3.05) is 12.8 Å². The van der Waals surface area contributed by atoms with Gasteiger partial charge in [0.2, 0.25) is 10.0 Å². The number of nitrogens with one attached hydrogen (secondary N) is 1. The molecule has 19 heavy (non-hydrogen) atoms. The van der Waals surface area contributed by atoms with Crippen LogP contribution in [0.25, 0.3) is 0 Å². The molecule has 1 atom stereocenters. The summed E-state index contributed by atoms with van der Waals surface area (Å²) in [4.78, 5) is 0.210. The Morgan fingerprint density at radius 1 is 1.37 bits per heavy atom. The van der Waals surface area contributed by atoms with Crippen LogP contribution in [0.5, 0.6) is 0 Å². The number of rotatable bonds is 7. The van der Waals surface area contributed by atoms with Crippen LogP contribution in [-0.2, 0) is 23.1 Å². The predicted octanol–water partition coefficient (Wildman–Crippen LogP) is 1.77. The smallest absolute Gasteiger partial charge is 0.240 e.